The fraction of sp³-hybridized carbons (Fsp3) is 0.306. The van der Waals surface area contributed by atoms with Crippen LogP contribution < -0.4 is 5.32 Å². The monoisotopic (exact) mass is 666 g/mol. The standard InChI is InChI=1S/C36H37Cl3N2O4/c1-24-32(22-41(2)21-25-8-4-3-5-9-25)44-34(45-33(24)28-16-14-26(23-42)15-17-28)31-13-7-12-30(19-31)29-11-6-10-27(18-29)20-40-35(43)36(37,38)39/h3-19,24,32-34,42H,20-23H2,1-2H3,(H,40,43). The Bertz CT molecular complexity index is 1560. The molecule has 1 fully saturated rings. The molecule has 9 heteroatoms. The van der Waals surface area contributed by atoms with Gasteiger partial charge in [-0.05, 0) is 52.6 Å². The number of aliphatic hydroxyl groups is 1. The minimum Gasteiger partial charge on any atom is -0.392 e. The maximum atomic E-state index is 12.0. The molecule has 2 N–H and O–H groups in total. The highest BCUT2D eigenvalue weighted by atomic mass is 35.6. The van der Waals surface area contributed by atoms with Gasteiger partial charge in [-0.2, -0.15) is 0 Å². The number of nitrogens with one attached hydrogen (secondary N) is 1. The van der Waals surface area contributed by atoms with Crippen molar-refractivity contribution in [1.82, 2.24) is 10.2 Å². The highest BCUT2D eigenvalue weighted by Crippen LogP contribution is 2.42. The van der Waals surface area contributed by atoms with Gasteiger partial charge in [0, 0.05) is 31.1 Å². The van der Waals surface area contributed by atoms with E-state index in [1.165, 1.54) is 5.56 Å². The zero-order valence-corrected chi connectivity index (χ0v) is 27.5. The van der Waals surface area contributed by atoms with Crippen LogP contribution in [0.25, 0.3) is 11.1 Å². The number of rotatable bonds is 10. The van der Waals surface area contributed by atoms with Gasteiger partial charge in [0.2, 0.25) is 0 Å². The Morgan fingerprint density at radius 3 is 2.18 bits per heavy atom. The predicted molar refractivity (Wildman–Crippen MR) is 180 cm³/mol. The molecule has 1 heterocycles. The van der Waals surface area contributed by atoms with Gasteiger partial charge in [0.05, 0.1) is 18.8 Å². The second kappa shape index (κ2) is 15.1. The van der Waals surface area contributed by atoms with Gasteiger partial charge in [0.1, 0.15) is 0 Å². The third-order valence-corrected chi connectivity index (χ3v) is 8.55. The number of benzene rings is 4. The molecule has 0 radical (unpaired) electrons. The summed E-state index contributed by atoms with van der Waals surface area (Å²) in [4.78, 5) is 14.3. The van der Waals surface area contributed by atoms with Crippen molar-refractivity contribution in [2.24, 2.45) is 5.92 Å². The smallest absolute Gasteiger partial charge is 0.272 e. The van der Waals surface area contributed by atoms with Crippen LogP contribution in [0, 0.1) is 5.92 Å². The Balaban J connectivity index is 1.38. The van der Waals surface area contributed by atoms with Crippen LogP contribution in [0.2, 0.25) is 0 Å². The highest BCUT2D eigenvalue weighted by Gasteiger charge is 2.39. The van der Waals surface area contributed by atoms with Crippen molar-refractivity contribution in [2.45, 2.75) is 48.9 Å². The van der Waals surface area contributed by atoms with Crippen LogP contribution in [0.15, 0.2) is 103 Å². The lowest BCUT2D eigenvalue weighted by atomic mass is 9.90. The number of amides is 1. The van der Waals surface area contributed by atoms with Crippen LogP contribution in [0.1, 0.15) is 47.1 Å². The van der Waals surface area contributed by atoms with E-state index in [9.17, 15) is 9.90 Å². The molecule has 0 saturated carbocycles. The first-order chi connectivity index (χ1) is 21.6. The maximum absolute atomic E-state index is 12.0. The summed E-state index contributed by atoms with van der Waals surface area (Å²) in [5, 5.41) is 12.2. The van der Waals surface area contributed by atoms with Gasteiger partial charge in [0.25, 0.3) is 9.70 Å². The fourth-order valence-corrected chi connectivity index (χ4v) is 5.80. The SMILES string of the molecule is CC1C(CN(C)Cc2ccccc2)OC(c2cccc(-c3cccc(CNC(=O)C(Cl)(Cl)Cl)c3)c2)OC1c1ccc(CO)cc1. The molecule has 4 atom stereocenters. The first-order valence-electron chi connectivity index (χ1n) is 14.9. The van der Waals surface area contributed by atoms with Crippen LogP contribution >= 0.6 is 34.8 Å². The summed E-state index contributed by atoms with van der Waals surface area (Å²) in [6, 6.07) is 34.3. The molecule has 0 aromatic heterocycles. The van der Waals surface area contributed by atoms with Gasteiger partial charge < -0.3 is 19.9 Å². The summed E-state index contributed by atoms with van der Waals surface area (Å²) in [6.07, 6.45) is -0.904. The molecule has 1 aliphatic heterocycles. The quantitative estimate of drug-likeness (QED) is 0.169. The predicted octanol–water partition coefficient (Wildman–Crippen LogP) is 7.76. The number of likely N-dealkylation sites (N-methyl/N-ethyl adjacent to an activating group) is 1. The largest absolute Gasteiger partial charge is 0.392 e. The first-order valence-corrected chi connectivity index (χ1v) is 16.0. The van der Waals surface area contributed by atoms with Crippen molar-refractivity contribution < 1.29 is 19.4 Å². The molecule has 4 aromatic carbocycles. The number of carbonyl (C=O) groups excluding carboxylic acids is 1. The minimum atomic E-state index is -2.02. The molecule has 1 saturated heterocycles. The van der Waals surface area contributed by atoms with Gasteiger partial charge in [-0.3, -0.25) is 9.69 Å². The van der Waals surface area contributed by atoms with Gasteiger partial charge in [-0.15, -0.1) is 0 Å². The summed E-state index contributed by atoms with van der Waals surface area (Å²) in [7, 11) is 2.11. The normalized spacial score (nSPS) is 20.2. The Hall–Kier alpha value is -2.94. The first kappa shape index (κ1) is 33.4. The number of alkyl halides is 3. The third-order valence-electron chi connectivity index (χ3n) is 8.04. The van der Waals surface area contributed by atoms with Crippen molar-refractivity contribution in [1.29, 1.82) is 0 Å². The number of carbonyl (C=O) groups is 1. The number of hydrogen-bond acceptors (Lipinski definition) is 5. The molecule has 236 valence electrons. The van der Waals surface area contributed by atoms with Crippen LogP contribution in [0.4, 0.5) is 0 Å². The Morgan fingerprint density at radius 2 is 1.49 bits per heavy atom. The van der Waals surface area contributed by atoms with Crippen LogP contribution in [-0.4, -0.2) is 39.4 Å². The zero-order chi connectivity index (χ0) is 32.0. The van der Waals surface area contributed by atoms with Gasteiger partial charge in [0.15, 0.2) is 6.29 Å². The molecule has 6 nitrogen and oxygen atoms in total. The Kier molecular flexibility index (Phi) is 11.2. The third kappa shape index (κ3) is 8.87. The molecule has 45 heavy (non-hydrogen) atoms. The average molecular weight is 668 g/mol. The van der Waals surface area contributed by atoms with Crippen LogP contribution in [0.3, 0.4) is 0 Å². The summed E-state index contributed by atoms with van der Waals surface area (Å²) in [6.45, 7) is 3.92. The molecular formula is C36H37Cl3N2O4. The van der Waals surface area contributed by atoms with Gasteiger partial charge in [-0.1, -0.05) is 133 Å². The van der Waals surface area contributed by atoms with E-state index in [0.717, 1.165) is 46.5 Å². The van der Waals surface area contributed by atoms with Crippen molar-refractivity contribution in [3.63, 3.8) is 0 Å². The maximum Gasteiger partial charge on any atom is 0.272 e. The van der Waals surface area contributed by atoms with Crippen LogP contribution in [-0.2, 0) is 34.0 Å². The van der Waals surface area contributed by atoms with Gasteiger partial charge >= 0.3 is 0 Å². The fourth-order valence-electron chi connectivity index (χ4n) is 5.60. The second-order valence-corrected chi connectivity index (χ2v) is 13.8. The van der Waals surface area contributed by atoms with E-state index in [0.29, 0.717) is 0 Å². The van der Waals surface area contributed by atoms with Crippen molar-refractivity contribution in [3.05, 3.63) is 131 Å². The lowest BCUT2D eigenvalue weighted by molar-refractivity contribution is -0.276. The van der Waals surface area contributed by atoms with E-state index in [1.54, 1.807) is 0 Å². The van der Waals surface area contributed by atoms with Crippen molar-refractivity contribution in [2.75, 3.05) is 13.6 Å². The molecule has 0 bridgehead atoms. The second-order valence-electron chi connectivity index (χ2n) is 11.5. The zero-order valence-electron chi connectivity index (χ0n) is 25.2. The summed E-state index contributed by atoms with van der Waals surface area (Å²) in [5.74, 6) is -0.604. The average Bonchev–Trinajstić information content (AvgIpc) is 3.05. The summed E-state index contributed by atoms with van der Waals surface area (Å²) >= 11 is 17.1. The number of nitrogens with zero attached hydrogens (tertiary/aromatic N) is 1. The molecular weight excluding hydrogens is 631 g/mol. The van der Waals surface area contributed by atoms with E-state index < -0.39 is 16.0 Å². The van der Waals surface area contributed by atoms with E-state index in [4.69, 9.17) is 44.3 Å². The van der Waals surface area contributed by atoms with Crippen LogP contribution in [0.5, 0.6) is 0 Å². The van der Waals surface area contributed by atoms with Crippen molar-refractivity contribution in [3.8, 4) is 11.1 Å². The van der Waals surface area contributed by atoms with Crippen molar-refractivity contribution >= 4 is 40.7 Å². The van der Waals surface area contributed by atoms with E-state index >= 15 is 0 Å². The highest BCUT2D eigenvalue weighted by molar-refractivity contribution is 6.76. The molecule has 0 spiro atoms. The summed E-state index contributed by atoms with van der Waals surface area (Å²) in [5.41, 5.74) is 6.87. The number of ether oxygens (including phenoxy) is 2. The minimum absolute atomic E-state index is 0.00668. The molecule has 5 rings (SSSR count). The van der Waals surface area contributed by atoms with E-state index in [1.807, 2.05) is 72.8 Å². The summed E-state index contributed by atoms with van der Waals surface area (Å²) < 4.78 is 11.4. The van der Waals surface area contributed by atoms with E-state index in [2.05, 4.69) is 54.5 Å². The Morgan fingerprint density at radius 1 is 0.822 bits per heavy atom. The lowest BCUT2D eigenvalue weighted by Gasteiger charge is -2.42. The lowest BCUT2D eigenvalue weighted by Crippen LogP contribution is -2.43. The van der Waals surface area contributed by atoms with E-state index in [-0.39, 0.29) is 31.3 Å². The molecule has 0 aliphatic carbocycles. The number of halogens is 3. The molecule has 4 unspecified atom stereocenters. The topological polar surface area (TPSA) is 71.0 Å². The molecule has 1 aliphatic rings. The van der Waals surface area contributed by atoms with Gasteiger partial charge in [-0.25, -0.2) is 0 Å². The molecule has 1 amide bonds. The molecule has 4 aromatic rings. The Labute approximate surface area is 279 Å². The number of aliphatic hydroxyl groups excluding tert-OH is 1. The number of hydrogen-bond donors (Lipinski definition) is 2.